The number of likely N-dealkylation sites (N-methyl/N-ethyl adjacent to an activating group) is 1. The van der Waals surface area contributed by atoms with Crippen molar-refractivity contribution < 1.29 is 8.91 Å². The van der Waals surface area contributed by atoms with Gasteiger partial charge in [-0.1, -0.05) is 47.6 Å². The van der Waals surface area contributed by atoms with Crippen LogP contribution in [0.3, 0.4) is 0 Å². The number of nitrogens with zero attached hydrogens (tertiary/aromatic N) is 3. The lowest BCUT2D eigenvalue weighted by Crippen LogP contribution is -2.24. The molecule has 0 bridgehead atoms. The fraction of sp³-hybridized carbons (Fsp3) is 0.273. The third kappa shape index (κ3) is 6.15. The fourth-order valence-corrected chi connectivity index (χ4v) is 2.84. The van der Waals surface area contributed by atoms with Gasteiger partial charge in [0, 0.05) is 18.2 Å². The van der Waals surface area contributed by atoms with E-state index >= 15 is 0 Å². The summed E-state index contributed by atoms with van der Waals surface area (Å²) in [6.45, 7) is 1.43. The van der Waals surface area contributed by atoms with Crippen LogP contribution in [0.4, 0.5) is 10.3 Å². The van der Waals surface area contributed by atoms with Gasteiger partial charge in [0.1, 0.15) is 5.82 Å². The van der Waals surface area contributed by atoms with Gasteiger partial charge >= 0.3 is 0 Å². The summed E-state index contributed by atoms with van der Waals surface area (Å²) in [5, 5.41) is 6.97. The van der Waals surface area contributed by atoms with E-state index in [9.17, 15) is 4.39 Å². The molecule has 3 aromatic rings. The predicted octanol–water partition coefficient (Wildman–Crippen LogP) is 3.55. The molecule has 0 amide bonds. The Morgan fingerprint density at radius 1 is 1.14 bits per heavy atom. The van der Waals surface area contributed by atoms with E-state index in [1.54, 1.807) is 12.1 Å². The lowest BCUT2D eigenvalue weighted by Gasteiger charge is -2.06. The van der Waals surface area contributed by atoms with E-state index in [0.717, 1.165) is 36.2 Å². The summed E-state index contributed by atoms with van der Waals surface area (Å²) >= 11 is 0. The molecule has 0 aliphatic heterocycles. The zero-order chi connectivity index (χ0) is 20.6. The van der Waals surface area contributed by atoms with Crippen molar-refractivity contribution in [3.05, 3.63) is 71.7 Å². The molecule has 0 unspecified atom stereocenters. The Kier molecular flexibility index (Phi) is 6.97. The number of aryl methyl sites for hydroxylation is 2. The summed E-state index contributed by atoms with van der Waals surface area (Å²) in [7, 11) is 3.96. The molecule has 7 heteroatoms. The number of benzene rings is 2. The minimum absolute atomic E-state index is 0.215. The van der Waals surface area contributed by atoms with E-state index < -0.39 is 0 Å². The zero-order valence-corrected chi connectivity index (χ0v) is 16.7. The quantitative estimate of drug-likeness (QED) is 0.450. The van der Waals surface area contributed by atoms with Crippen molar-refractivity contribution in [1.29, 1.82) is 0 Å². The Balaban J connectivity index is 1.52. The highest BCUT2D eigenvalue weighted by Crippen LogP contribution is 2.23. The van der Waals surface area contributed by atoms with Crippen LogP contribution in [0.1, 0.15) is 11.3 Å². The number of nitrogens with two attached hydrogens (primary N) is 1. The number of aliphatic imine (C=N–C) groups is 1. The highest BCUT2D eigenvalue weighted by molar-refractivity contribution is 5.90. The first-order chi connectivity index (χ1) is 14.0. The average molecular weight is 395 g/mol. The SMILES string of the molecule is CN(C)CCN=C(N)Nc1cc(CCc2ccc(-c3ccccc3F)cc2)no1. The van der Waals surface area contributed by atoms with Gasteiger partial charge in [0.25, 0.3) is 0 Å². The third-order valence-electron chi connectivity index (χ3n) is 4.45. The normalized spacial score (nSPS) is 11.8. The summed E-state index contributed by atoms with van der Waals surface area (Å²) in [6, 6.07) is 16.5. The second-order valence-corrected chi connectivity index (χ2v) is 7.05. The molecule has 0 aliphatic rings. The molecule has 152 valence electrons. The molecule has 1 aromatic heterocycles. The Bertz CT molecular complexity index is 950. The van der Waals surface area contributed by atoms with Gasteiger partial charge in [-0.25, -0.2) is 4.39 Å². The van der Waals surface area contributed by atoms with Crippen molar-refractivity contribution >= 4 is 11.8 Å². The minimum atomic E-state index is -0.215. The lowest BCUT2D eigenvalue weighted by molar-refractivity contribution is 0.420. The summed E-state index contributed by atoms with van der Waals surface area (Å²) < 4.78 is 19.2. The summed E-state index contributed by atoms with van der Waals surface area (Å²) in [4.78, 5) is 6.26. The van der Waals surface area contributed by atoms with E-state index in [-0.39, 0.29) is 5.82 Å². The molecule has 6 nitrogen and oxygen atoms in total. The molecular weight excluding hydrogens is 369 g/mol. The Hall–Kier alpha value is -3.19. The lowest BCUT2D eigenvalue weighted by atomic mass is 10.0. The fourth-order valence-electron chi connectivity index (χ4n) is 2.84. The van der Waals surface area contributed by atoms with Crippen LogP contribution in [0, 0.1) is 5.82 Å². The van der Waals surface area contributed by atoms with Crippen molar-refractivity contribution in [2.45, 2.75) is 12.8 Å². The molecule has 0 atom stereocenters. The topological polar surface area (TPSA) is 79.7 Å². The smallest absolute Gasteiger partial charge is 0.231 e. The van der Waals surface area contributed by atoms with Crippen molar-refractivity contribution in [3.8, 4) is 11.1 Å². The Morgan fingerprint density at radius 3 is 2.62 bits per heavy atom. The molecule has 29 heavy (non-hydrogen) atoms. The molecule has 3 N–H and O–H groups in total. The molecule has 0 saturated carbocycles. The van der Waals surface area contributed by atoms with Crippen LogP contribution in [-0.2, 0) is 12.8 Å². The van der Waals surface area contributed by atoms with Crippen LogP contribution in [0.2, 0.25) is 0 Å². The Morgan fingerprint density at radius 2 is 1.90 bits per heavy atom. The van der Waals surface area contributed by atoms with Crippen molar-refractivity contribution in [2.24, 2.45) is 10.7 Å². The first kappa shape index (κ1) is 20.5. The van der Waals surface area contributed by atoms with Crippen molar-refractivity contribution in [2.75, 3.05) is 32.5 Å². The second kappa shape index (κ2) is 9.84. The van der Waals surface area contributed by atoms with Gasteiger partial charge in [0.15, 0.2) is 5.96 Å². The largest absolute Gasteiger partial charge is 0.370 e. The van der Waals surface area contributed by atoms with E-state index in [0.29, 0.717) is 24.0 Å². The van der Waals surface area contributed by atoms with Crippen LogP contribution < -0.4 is 11.1 Å². The number of halogens is 1. The van der Waals surface area contributed by atoms with Gasteiger partial charge in [-0.2, -0.15) is 0 Å². The van der Waals surface area contributed by atoms with Crippen LogP contribution in [0.15, 0.2) is 64.1 Å². The van der Waals surface area contributed by atoms with E-state index in [2.05, 4.69) is 15.5 Å². The first-order valence-electron chi connectivity index (χ1n) is 9.52. The standard InChI is InChI=1S/C22H26FN5O/c1-28(2)14-13-25-22(24)26-21-15-18(27-29-21)12-9-16-7-10-17(11-8-16)19-5-3-4-6-20(19)23/h3-8,10-11,15H,9,12-14H2,1-2H3,(H3,24,25,26). The predicted molar refractivity (Wildman–Crippen MR) is 114 cm³/mol. The molecule has 0 spiro atoms. The molecule has 0 radical (unpaired) electrons. The highest BCUT2D eigenvalue weighted by Gasteiger charge is 2.07. The molecule has 3 rings (SSSR count). The number of hydrogen-bond donors (Lipinski definition) is 2. The van der Waals surface area contributed by atoms with Crippen molar-refractivity contribution in [3.63, 3.8) is 0 Å². The maximum Gasteiger partial charge on any atom is 0.231 e. The summed E-state index contributed by atoms with van der Waals surface area (Å²) in [5.74, 6) is 0.562. The van der Waals surface area contributed by atoms with E-state index in [4.69, 9.17) is 10.3 Å². The van der Waals surface area contributed by atoms with Crippen LogP contribution in [0.25, 0.3) is 11.1 Å². The number of guanidine groups is 1. The first-order valence-corrected chi connectivity index (χ1v) is 9.52. The molecule has 0 saturated heterocycles. The second-order valence-electron chi connectivity index (χ2n) is 7.05. The summed E-state index contributed by atoms with van der Waals surface area (Å²) in [6.07, 6.45) is 1.53. The van der Waals surface area contributed by atoms with Crippen LogP contribution >= 0.6 is 0 Å². The van der Waals surface area contributed by atoms with E-state index in [1.165, 1.54) is 6.07 Å². The average Bonchev–Trinajstić information content (AvgIpc) is 3.14. The number of anilines is 1. The number of nitrogens with one attached hydrogen (secondary N) is 1. The molecule has 0 aliphatic carbocycles. The zero-order valence-electron chi connectivity index (χ0n) is 16.7. The monoisotopic (exact) mass is 395 g/mol. The number of hydrogen-bond acceptors (Lipinski definition) is 4. The molecule has 1 heterocycles. The van der Waals surface area contributed by atoms with Gasteiger partial charge in [-0.15, -0.1) is 0 Å². The number of aromatic nitrogens is 1. The third-order valence-corrected chi connectivity index (χ3v) is 4.45. The number of rotatable bonds is 8. The molecule has 2 aromatic carbocycles. The summed E-state index contributed by atoms with van der Waals surface area (Å²) in [5.41, 5.74) is 9.29. The van der Waals surface area contributed by atoms with E-state index in [1.807, 2.05) is 55.4 Å². The maximum absolute atomic E-state index is 13.9. The highest BCUT2D eigenvalue weighted by atomic mass is 19.1. The molecule has 0 fully saturated rings. The van der Waals surface area contributed by atoms with Gasteiger partial charge < -0.3 is 15.2 Å². The minimum Gasteiger partial charge on any atom is -0.370 e. The van der Waals surface area contributed by atoms with Crippen LogP contribution in [-0.4, -0.2) is 43.2 Å². The van der Waals surface area contributed by atoms with Gasteiger partial charge in [0.2, 0.25) is 5.88 Å². The van der Waals surface area contributed by atoms with Crippen LogP contribution in [0.5, 0.6) is 0 Å². The van der Waals surface area contributed by atoms with Crippen molar-refractivity contribution in [1.82, 2.24) is 10.1 Å². The Labute approximate surface area is 170 Å². The molecular formula is C22H26FN5O. The van der Waals surface area contributed by atoms with Gasteiger partial charge in [-0.05, 0) is 44.1 Å². The van der Waals surface area contributed by atoms with Gasteiger partial charge in [-0.3, -0.25) is 10.3 Å². The maximum atomic E-state index is 13.9. The van der Waals surface area contributed by atoms with Gasteiger partial charge in [0.05, 0.1) is 12.2 Å².